The zero-order chi connectivity index (χ0) is 27.1. The van der Waals surface area contributed by atoms with Gasteiger partial charge in [0.25, 0.3) is 0 Å². The first-order valence-electron chi connectivity index (χ1n) is 12.2. The second-order valence-electron chi connectivity index (χ2n) is 9.48. The molecule has 0 atom stereocenters. The SMILES string of the molecule is CC(C)OC(=O)c1c(C(=O)OC(C)C)c2ccc3ccc4cccnc4c3n2c1C(=O)c1ccc(Cl)cc1. The fourth-order valence-electron chi connectivity index (χ4n) is 4.57. The molecule has 0 unspecified atom stereocenters. The highest BCUT2D eigenvalue weighted by Gasteiger charge is 2.35. The summed E-state index contributed by atoms with van der Waals surface area (Å²) in [6.45, 7) is 6.84. The van der Waals surface area contributed by atoms with Crippen molar-refractivity contribution < 1.29 is 23.9 Å². The summed E-state index contributed by atoms with van der Waals surface area (Å²) in [6.07, 6.45) is 0.717. The van der Waals surface area contributed by atoms with Crippen LogP contribution in [0, 0.1) is 0 Å². The van der Waals surface area contributed by atoms with Crippen molar-refractivity contribution in [1.82, 2.24) is 9.38 Å². The van der Waals surface area contributed by atoms with Gasteiger partial charge in [-0.05, 0) is 64.1 Å². The van der Waals surface area contributed by atoms with Gasteiger partial charge in [0.05, 0.1) is 28.8 Å². The summed E-state index contributed by atoms with van der Waals surface area (Å²) >= 11 is 6.07. The molecule has 192 valence electrons. The second-order valence-corrected chi connectivity index (χ2v) is 9.91. The van der Waals surface area contributed by atoms with Crippen LogP contribution in [-0.4, -0.2) is 39.3 Å². The number of pyridine rings is 2. The Labute approximate surface area is 223 Å². The van der Waals surface area contributed by atoms with E-state index in [-0.39, 0.29) is 16.8 Å². The number of carbonyl (C=O) groups is 3. The number of carbonyl (C=O) groups excluding carboxylic acids is 3. The number of ether oxygens (including phenoxy) is 2. The maximum absolute atomic E-state index is 14.2. The number of hydrogen-bond donors (Lipinski definition) is 0. The van der Waals surface area contributed by atoms with E-state index in [1.54, 1.807) is 68.6 Å². The predicted octanol–water partition coefficient (Wildman–Crippen LogP) is 6.66. The highest BCUT2D eigenvalue weighted by molar-refractivity contribution is 6.30. The number of ketones is 1. The number of fused-ring (bicyclic) bond motifs is 5. The first-order valence-corrected chi connectivity index (χ1v) is 12.6. The molecule has 0 N–H and O–H groups in total. The van der Waals surface area contributed by atoms with E-state index in [0.717, 1.165) is 10.8 Å². The normalized spacial score (nSPS) is 11.6. The lowest BCUT2D eigenvalue weighted by molar-refractivity contribution is 0.0330. The summed E-state index contributed by atoms with van der Waals surface area (Å²) in [5.41, 5.74) is 1.65. The Kier molecular flexibility index (Phi) is 6.63. The van der Waals surface area contributed by atoms with Crippen LogP contribution in [0.4, 0.5) is 0 Å². The van der Waals surface area contributed by atoms with Gasteiger partial charge >= 0.3 is 11.9 Å². The van der Waals surface area contributed by atoms with Crippen LogP contribution in [0.5, 0.6) is 0 Å². The van der Waals surface area contributed by atoms with Gasteiger partial charge in [-0.2, -0.15) is 0 Å². The van der Waals surface area contributed by atoms with Crippen molar-refractivity contribution in [3.05, 3.63) is 94.3 Å². The first-order chi connectivity index (χ1) is 18.2. The number of benzene rings is 2. The smallest absolute Gasteiger partial charge is 0.341 e. The van der Waals surface area contributed by atoms with Gasteiger partial charge in [0, 0.05) is 27.6 Å². The van der Waals surface area contributed by atoms with E-state index in [1.807, 2.05) is 30.3 Å². The van der Waals surface area contributed by atoms with Crippen LogP contribution in [0.2, 0.25) is 5.02 Å². The third-order valence-electron chi connectivity index (χ3n) is 6.05. The summed E-state index contributed by atoms with van der Waals surface area (Å²) in [4.78, 5) is 45.9. The van der Waals surface area contributed by atoms with E-state index in [2.05, 4.69) is 4.98 Å². The molecule has 0 fully saturated rings. The average molecular weight is 529 g/mol. The van der Waals surface area contributed by atoms with Gasteiger partial charge in [-0.3, -0.25) is 9.78 Å². The molecule has 0 saturated heterocycles. The molecule has 0 aliphatic carbocycles. The van der Waals surface area contributed by atoms with Crippen LogP contribution in [0.15, 0.2) is 66.9 Å². The molecule has 0 spiro atoms. The molecule has 5 rings (SSSR count). The highest BCUT2D eigenvalue weighted by Crippen LogP contribution is 2.34. The zero-order valence-corrected chi connectivity index (χ0v) is 22.1. The van der Waals surface area contributed by atoms with Crippen LogP contribution in [0.25, 0.3) is 27.3 Å². The summed E-state index contributed by atoms with van der Waals surface area (Å²) in [6, 6.07) is 17.5. The standard InChI is InChI=1S/C30H25ClN2O5/c1-16(2)37-29(35)23-22-14-11-19-8-7-18-6-5-15-32-25(18)26(19)33(22)27(24(23)30(36)38-17(3)4)28(34)20-9-12-21(31)13-10-20/h5-17H,1-4H3. The average Bonchev–Trinajstić information content (AvgIpc) is 3.23. The number of halogens is 1. The zero-order valence-electron chi connectivity index (χ0n) is 21.3. The van der Waals surface area contributed by atoms with Gasteiger partial charge < -0.3 is 13.9 Å². The third kappa shape index (κ3) is 4.39. The van der Waals surface area contributed by atoms with Crippen LogP contribution < -0.4 is 0 Å². The molecule has 0 aliphatic heterocycles. The molecular formula is C30H25ClN2O5. The maximum Gasteiger partial charge on any atom is 0.341 e. The Hall–Kier alpha value is -4.23. The van der Waals surface area contributed by atoms with Gasteiger partial charge in [-0.1, -0.05) is 35.9 Å². The molecule has 0 radical (unpaired) electrons. The fourth-order valence-corrected chi connectivity index (χ4v) is 4.69. The summed E-state index contributed by atoms with van der Waals surface area (Å²) in [5, 5.41) is 2.07. The Morgan fingerprint density at radius 2 is 1.39 bits per heavy atom. The molecule has 3 aromatic heterocycles. The van der Waals surface area contributed by atoms with Crippen LogP contribution in [0.1, 0.15) is 64.5 Å². The lowest BCUT2D eigenvalue weighted by atomic mass is 10.0. The van der Waals surface area contributed by atoms with Gasteiger partial charge in [0.15, 0.2) is 0 Å². The molecule has 3 heterocycles. The Morgan fingerprint density at radius 3 is 2.05 bits per heavy atom. The van der Waals surface area contributed by atoms with Gasteiger partial charge in [0.2, 0.25) is 5.78 Å². The minimum absolute atomic E-state index is 0.00701. The number of nitrogens with zero attached hydrogens (tertiary/aromatic N) is 2. The lowest BCUT2D eigenvalue weighted by Crippen LogP contribution is -2.20. The molecule has 0 saturated carbocycles. The van der Waals surface area contributed by atoms with Gasteiger partial charge in [-0.25, -0.2) is 9.59 Å². The Balaban J connectivity index is 1.99. The molecule has 2 aromatic carbocycles. The topological polar surface area (TPSA) is 87.0 Å². The van der Waals surface area contributed by atoms with Crippen molar-refractivity contribution in [3.8, 4) is 0 Å². The monoisotopic (exact) mass is 528 g/mol. The summed E-state index contributed by atoms with van der Waals surface area (Å²) in [7, 11) is 0. The molecule has 7 nitrogen and oxygen atoms in total. The number of aromatic nitrogens is 2. The van der Waals surface area contributed by atoms with Crippen molar-refractivity contribution in [1.29, 1.82) is 0 Å². The third-order valence-corrected chi connectivity index (χ3v) is 6.30. The van der Waals surface area contributed by atoms with Crippen molar-refractivity contribution in [3.63, 3.8) is 0 Å². The van der Waals surface area contributed by atoms with Crippen molar-refractivity contribution in [2.24, 2.45) is 0 Å². The van der Waals surface area contributed by atoms with Crippen LogP contribution in [0.3, 0.4) is 0 Å². The van der Waals surface area contributed by atoms with E-state index in [4.69, 9.17) is 21.1 Å². The van der Waals surface area contributed by atoms with Gasteiger partial charge in [-0.15, -0.1) is 0 Å². The molecule has 38 heavy (non-hydrogen) atoms. The van der Waals surface area contributed by atoms with E-state index in [9.17, 15) is 14.4 Å². The predicted molar refractivity (Wildman–Crippen MR) is 146 cm³/mol. The van der Waals surface area contributed by atoms with E-state index < -0.39 is 29.9 Å². The fraction of sp³-hybridized carbons (Fsp3) is 0.200. The molecule has 0 bridgehead atoms. The maximum atomic E-state index is 14.2. The quantitative estimate of drug-likeness (QED) is 0.139. The second kappa shape index (κ2) is 9.91. The molecule has 0 amide bonds. The molecular weight excluding hydrogens is 504 g/mol. The molecule has 5 aromatic rings. The Bertz CT molecular complexity index is 1740. The molecule has 8 heteroatoms. The van der Waals surface area contributed by atoms with Crippen LogP contribution in [-0.2, 0) is 9.47 Å². The molecule has 0 aliphatic rings. The van der Waals surface area contributed by atoms with E-state index in [0.29, 0.717) is 27.1 Å². The first kappa shape index (κ1) is 25.4. The lowest BCUT2D eigenvalue weighted by Gasteiger charge is -2.12. The number of hydrogen-bond acceptors (Lipinski definition) is 6. The van der Waals surface area contributed by atoms with E-state index in [1.165, 1.54) is 0 Å². The van der Waals surface area contributed by atoms with Gasteiger partial charge in [0.1, 0.15) is 16.8 Å². The van der Waals surface area contributed by atoms with Crippen molar-refractivity contribution in [2.45, 2.75) is 39.9 Å². The van der Waals surface area contributed by atoms with Crippen molar-refractivity contribution >= 4 is 56.6 Å². The number of rotatable bonds is 6. The van der Waals surface area contributed by atoms with Crippen LogP contribution >= 0.6 is 11.6 Å². The highest BCUT2D eigenvalue weighted by atomic mass is 35.5. The largest absolute Gasteiger partial charge is 0.459 e. The number of esters is 2. The Morgan fingerprint density at radius 1 is 0.789 bits per heavy atom. The van der Waals surface area contributed by atoms with Crippen molar-refractivity contribution in [2.75, 3.05) is 0 Å². The minimum Gasteiger partial charge on any atom is -0.459 e. The summed E-state index contributed by atoms with van der Waals surface area (Å²) < 4.78 is 12.7. The van der Waals surface area contributed by atoms with E-state index >= 15 is 0 Å². The minimum atomic E-state index is -0.793. The summed E-state index contributed by atoms with van der Waals surface area (Å²) in [5.74, 6) is -2.00.